The Morgan fingerprint density at radius 2 is 2.00 bits per heavy atom. The molecule has 12 nitrogen and oxygen atoms in total. The monoisotopic (exact) mass is 633 g/mol. The second-order valence-corrected chi connectivity index (χ2v) is 11.8. The van der Waals surface area contributed by atoms with E-state index in [0.29, 0.717) is 30.7 Å². The Hall–Kier alpha value is -3.61. The number of ether oxygens (including phenoxy) is 5. The highest BCUT2D eigenvalue weighted by Gasteiger charge is 2.54. The number of hydrogen-bond donors (Lipinski definition) is 1. The summed E-state index contributed by atoms with van der Waals surface area (Å²) in [6, 6.07) is 3.29. The molecule has 4 unspecified atom stereocenters. The molecular formula is C31H40ClN3O9. The highest BCUT2D eigenvalue weighted by Crippen LogP contribution is 2.40. The average molecular weight is 634 g/mol. The number of esters is 1. The fourth-order valence-corrected chi connectivity index (χ4v) is 5.94. The summed E-state index contributed by atoms with van der Waals surface area (Å²) in [5, 5.41) is 3.11. The van der Waals surface area contributed by atoms with Crippen LogP contribution in [-0.4, -0.2) is 101 Å². The molecule has 3 aliphatic rings. The number of benzene rings is 1. The molecule has 4 rings (SSSR count). The lowest BCUT2D eigenvalue weighted by atomic mass is 9.89. The smallest absolute Gasteiger partial charge is 0.407 e. The zero-order valence-corrected chi connectivity index (χ0v) is 26.5. The van der Waals surface area contributed by atoms with Gasteiger partial charge in [0, 0.05) is 33.5 Å². The summed E-state index contributed by atoms with van der Waals surface area (Å²) in [5.41, 5.74) is 2.32. The number of allylic oxidation sites excluding steroid dienone is 3. The molecule has 240 valence electrons. The first-order valence-electron chi connectivity index (χ1n) is 14.4. The predicted molar refractivity (Wildman–Crippen MR) is 162 cm³/mol. The Morgan fingerprint density at radius 3 is 2.68 bits per heavy atom. The Morgan fingerprint density at radius 1 is 1.25 bits per heavy atom. The van der Waals surface area contributed by atoms with Gasteiger partial charge in [-0.25, -0.2) is 4.79 Å². The maximum Gasteiger partial charge on any atom is 0.407 e. The number of nitrogens with one attached hydrogen (secondary N) is 1. The fourth-order valence-electron chi connectivity index (χ4n) is 5.62. The zero-order valence-electron chi connectivity index (χ0n) is 25.8. The number of carbonyl (C=O) groups is 4. The van der Waals surface area contributed by atoms with Crippen molar-refractivity contribution in [2.24, 2.45) is 5.92 Å². The summed E-state index contributed by atoms with van der Waals surface area (Å²) in [7, 11) is 6.12. The number of anilines is 1. The van der Waals surface area contributed by atoms with E-state index in [1.54, 1.807) is 14.2 Å². The molecule has 0 saturated carbocycles. The van der Waals surface area contributed by atoms with Gasteiger partial charge in [0.15, 0.2) is 0 Å². The minimum atomic E-state index is -0.969. The number of alkyl carbamates (subject to hydrolysis) is 1. The molecular weight excluding hydrogens is 594 g/mol. The Bertz CT molecular complexity index is 1320. The van der Waals surface area contributed by atoms with Crippen LogP contribution in [0.25, 0.3) is 0 Å². The van der Waals surface area contributed by atoms with Gasteiger partial charge in [-0.2, -0.15) is 0 Å². The number of rotatable bonds is 6. The van der Waals surface area contributed by atoms with Crippen LogP contribution < -0.4 is 15.0 Å². The van der Waals surface area contributed by atoms with Crippen molar-refractivity contribution in [3.05, 3.63) is 46.5 Å². The predicted octanol–water partition coefficient (Wildman–Crippen LogP) is 3.05. The van der Waals surface area contributed by atoms with Crippen molar-refractivity contribution in [1.29, 1.82) is 0 Å². The number of amides is 3. The molecule has 1 aromatic carbocycles. The first-order valence-corrected chi connectivity index (χ1v) is 14.8. The molecule has 3 aliphatic heterocycles. The van der Waals surface area contributed by atoms with Gasteiger partial charge in [0.2, 0.25) is 12.3 Å². The molecule has 0 aromatic heterocycles. The highest BCUT2D eigenvalue weighted by atomic mass is 35.5. The van der Waals surface area contributed by atoms with Crippen LogP contribution >= 0.6 is 11.6 Å². The van der Waals surface area contributed by atoms with Crippen molar-refractivity contribution in [1.82, 2.24) is 10.2 Å². The third-order valence-electron chi connectivity index (χ3n) is 8.17. The summed E-state index contributed by atoms with van der Waals surface area (Å²) in [5.74, 6) is -0.942. The second kappa shape index (κ2) is 14.4. The minimum absolute atomic E-state index is 0.215. The van der Waals surface area contributed by atoms with Crippen molar-refractivity contribution in [2.75, 3.05) is 39.8 Å². The quantitative estimate of drug-likeness (QED) is 0.285. The van der Waals surface area contributed by atoms with Gasteiger partial charge in [0.05, 0.1) is 37.5 Å². The topological polar surface area (TPSA) is 136 Å². The van der Waals surface area contributed by atoms with E-state index in [1.165, 1.54) is 19.1 Å². The molecule has 2 saturated heterocycles. The number of likely N-dealkylation sites (N-methyl/N-ethyl adjacent to an activating group) is 1. The average Bonchev–Trinajstić information content (AvgIpc) is 3.79. The third-order valence-corrected chi connectivity index (χ3v) is 8.55. The van der Waals surface area contributed by atoms with Crippen LogP contribution in [0.3, 0.4) is 0 Å². The van der Waals surface area contributed by atoms with Gasteiger partial charge < -0.3 is 38.8 Å². The lowest BCUT2D eigenvalue weighted by Crippen LogP contribution is -2.53. The molecule has 3 amide bonds. The Balaban J connectivity index is 1.72. The van der Waals surface area contributed by atoms with Crippen LogP contribution in [-0.2, 0) is 39.8 Å². The van der Waals surface area contributed by atoms with Crippen LogP contribution in [0.2, 0.25) is 5.02 Å². The number of fused-ring (bicyclic) bond motifs is 5. The molecule has 1 aromatic rings. The summed E-state index contributed by atoms with van der Waals surface area (Å²) >= 11 is 6.66. The fraction of sp³-hybridized carbons (Fsp3) is 0.548. The van der Waals surface area contributed by atoms with Gasteiger partial charge in [-0.15, -0.1) is 0 Å². The van der Waals surface area contributed by atoms with Gasteiger partial charge in [-0.1, -0.05) is 42.3 Å². The molecule has 2 fully saturated rings. The first kappa shape index (κ1) is 33.3. The van der Waals surface area contributed by atoms with Gasteiger partial charge in [0.25, 0.3) is 0 Å². The van der Waals surface area contributed by atoms with Gasteiger partial charge in [-0.3, -0.25) is 14.4 Å². The Labute approximate surface area is 262 Å². The molecule has 0 aliphatic carbocycles. The van der Waals surface area contributed by atoms with Gasteiger partial charge in [-0.05, 0) is 31.0 Å². The molecule has 13 heteroatoms. The summed E-state index contributed by atoms with van der Waals surface area (Å²) in [6.45, 7) is 3.57. The SMILES string of the molecule is COc1cc2cc(c1Cl)N(C)C(=O)C[C@H](OC(=O)CN(C)C=O)C1OC1[C@H](C)C1CC(NC(=O)O1)[C@H](OC)/C=C/C=C(\C)C2. The summed E-state index contributed by atoms with van der Waals surface area (Å²) in [4.78, 5) is 52.6. The number of methoxy groups -OCH3 is 2. The van der Waals surface area contributed by atoms with Crippen LogP contribution in [0.4, 0.5) is 10.5 Å². The van der Waals surface area contributed by atoms with Crippen LogP contribution in [0.15, 0.2) is 35.9 Å². The second-order valence-electron chi connectivity index (χ2n) is 11.5. The summed E-state index contributed by atoms with van der Waals surface area (Å²) < 4.78 is 28.6. The van der Waals surface area contributed by atoms with E-state index in [0.717, 1.165) is 16.0 Å². The maximum absolute atomic E-state index is 13.7. The van der Waals surface area contributed by atoms with Crippen LogP contribution in [0, 0.1) is 5.92 Å². The van der Waals surface area contributed by atoms with Crippen LogP contribution in [0.5, 0.6) is 5.75 Å². The van der Waals surface area contributed by atoms with Crippen LogP contribution in [0.1, 0.15) is 32.3 Å². The van der Waals surface area contributed by atoms with Crippen molar-refractivity contribution >= 4 is 41.7 Å². The third kappa shape index (κ3) is 7.91. The molecule has 0 radical (unpaired) electrons. The number of nitrogens with zero attached hydrogens (tertiary/aromatic N) is 2. The lowest BCUT2D eigenvalue weighted by molar-refractivity contribution is -0.153. The van der Waals surface area contributed by atoms with Gasteiger partial charge in [0.1, 0.15) is 35.6 Å². The number of epoxide rings is 1. The van der Waals surface area contributed by atoms with E-state index in [4.69, 9.17) is 35.3 Å². The molecule has 4 bridgehead atoms. The van der Waals surface area contributed by atoms with Gasteiger partial charge >= 0.3 is 12.1 Å². The number of hydrogen-bond acceptors (Lipinski definition) is 9. The van der Waals surface area contributed by atoms with Crippen molar-refractivity contribution in [3.8, 4) is 5.75 Å². The highest BCUT2D eigenvalue weighted by molar-refractivity contribution is 6.35. The Kier molecular flexibility index (Phi) is 10.9. The van der Waals surface area contributed by atoms with E-state index >= 15 is 0 Å². The molecule has 7 atom stereocenters. The zero-order chi connectivity index (χ0) is 32.1. The van der Waals surface area contributed by atoms with Crippen molar-refractivity contribution < 1.29 is 42.9 Å². The standard InChI is InChI=1S/C31H40ClN3O9/c1-17-8-7-9-22(40-5)20-13-23(43-31(39)33-20)18(2)29-30(44-29)25(42-27(38)15-34(3)16-36)14-26(37)35(4)21-11-19(10-17)12-24(41-6)28(21)32/h7-9,11-12,16,18,20,22-23,25,29-30H,10,13-15H2,1-6H3,(H,33,39)/b9-7+,17-8+/t18-,20?,22-,23?,25+,29?,30?/m1/s1. The van der Waals surface area contributed by atoms with Crippen molar-refractivity contribution in [2.45, 2.75) is 69.7 Å². The number of carbonyl (C=O) groups excluding carboxylic acids is 4. The van der Waals surface area contributed by atoms with E-state index in [2.05, 4.69) is 5.32 Å². The molecule has 3 heterocycles. The number of halogens is 1. The first-order chi connectivity index (χ1) is 20.9. The van der Waals surface area contributed by atoms with E-state index in [1.807, 2.05) is 44.2 Å². The molecule has 1 N–H and O–H groups in total. The van der Waals surface area contributed by atoms with E-state index < -0.39 is 42.6 Å². The molecule has 0 spiro atoms. The van der Waals surface area contributed by atoms with E-state index in [-0.39, 0.29) is 35.9 Å². The molecule has 44 heavy (non-hydrogen) atoms. The summed E-state index contributed by atoms with van der Waals surface area (Å²) in [6.07, 6.45) is 3.46. The lowest BCUT2D eigenvalue weighted by Gasteiger charge is -2.35. The minimum Gasteiger partial charge on any atom is -0.495 e. The maximum atomic E-state index is 13.7. The largest absolute Gasteiger partial charge is 0.495 e. The van der Waals surface area contributed by atoms with Crippen molar-refractivity contribution in [3.63, 3.8) is 0 Å². The normalized spacial score (nSPS) is 30.9. The van der Waals surface area contributed by atoms with E-state index in [9.17, 15) is 19.2 Å².